The standard InChI is InChI=1S/C15H15N3OS/c1-9-7-11(10(2)20-9)15(19)16-8-14-17-12-5-3-4-6-13(12)18-14/h3-7H,8H2,1-2H3,(H,16,19)(H,17,18). The number of hydrogen-bond acceptors (Lipinski definition) is 3. The van der Waals surface area contributed by atoms with E-state index < -0.39 is 0 Å². The number of benzene rings is 1. The molecule has 3 rings (SSSR count). The van der Waals surface area contributed by atoms with Gasteiger partial charge in [-0.3, -0.25) is 4.79 Å². The van der Waals surface area contributed by atoms with E-state index >= 15 is 0 Å². The number of imidazole rings is 1. The zero-order valence-electron chi connectivity index (χ0n) is 11.4. The van der Waals surface area contributed by atoms with E-state index in [0.29, 0.717) is 6.54 Å². The molecule has 0 bridgehead atoms. The fourth-order valence-electron chi connectivity index (χ4n) is 2.20. The molecule has 1 amide bonds. The van der Waals surface area contributed by atoms with Crippen LogP contribution in [0.1, 0.15) is 25.9 Å². The molecule has 0 aliphatic rings. The van der Waals surface area contributed by atoms with Gasteiger partial charge in [-0.2, -0.15) is 0 Å². The van der Waals surface area contributed by atoms with Gasteiger partial charge in [0.2, 0.25) is 0 Å². The number of aromatic amines is 1. The predicted octanol–water partition coefficient (Wildman–Crippen LogP) is 3.17. The third-order valence-corrected chi connectivity index (χ3v) is 4.11. The van der Waals surface area contributed by atoms with Crippen LogP contribution in [0.2, 0.25) is 0 Å². The number of aromatic nitrogens is 2. The number of aryl methyl sites for hydroxylation is 2. The minimum Gasteiger partial charge on any atom is -0.345 e. The van der Waals surface area contributed by atoms with Crippen molar-refractivity contribution in [3.05, 3.63) is 51.5 Å². The zero-order chi connectivity index (χ0) is 14.1. The molecular weight excluding hydrogens is 270 g/mol. The summed E-state index contributed by atoms with van der Waals surface area (Å²) in [7, 11) is 0. The number of thiophene rings is 1. The van der Waals surface area contributed by atoms with Crippen LogP contribution in [-0.2, 0) is 6.54 Å². The fourth-order valence-corrected chi connectivity index (χ4v) is 3.13. The average Bonchev–Trinajstić information content (AvgIpc) is 2.98. The number of nitrogens with zero attached hydrogens (tertiary/aromatic N) is 1. The van der Waals surface area contributed by atoms with Crippen molar-refractivity contribution in [2.45, 2.75) is 20.4 Å². The second-order valence-corrected chi connectivity index (χ2v) is 6.17. The van der Waals surface area contributed by atoms with Gasteiger partial charge in [0.15, 0.2) is 0 Å². The highest BCUT2D eigenvalue weighted by molar-refractivity contribution is 7.12. The largest absolute Gasteiger partial charge is 0.345 e. The molecule has 0 aliphatic carbocycles. The summed E-state index contributed by atoms with van der Waals surface area (Å²) in [4.78, 5) is 22.0. The Kier molecular flexibility index (Phi) is 3.28. The second kappa shape index (κ2) is 5.09. The Hall–Kier alpha value is -2.14. The van der Waals surface area contributed by atoms with Crippen molar-refractivity contribution >= 4 is 28.3 Å². The first-order chi connectivity index (χ1) is 9.63. The summed E-state index contributed by atoms with van der Waals surface area (Å²) in [5.41, 5.74) is 2.65. The Balaban J connectivity index is 1.73. The average molecular weight is 285 g/mol. The lowest BCUT2D eigenvalue weighted by atomic mass is 10.2. The van der Waals surface area contributed by atoms with Crippen molar-refractivity contribution in [3.63, 3.8) is 0 Å². The monoisotopic (exact) mass is 285 g/mol. The number of rotatable bonds is 3. The molecule has 2 aromatic heterocycles. The lowest BCUT2D eigenvalue weighted by Crippen LogP contribution is -2.23. The maximum absolute atomic E-state index is 12.1. The summed E-state index contributed by atoms with van der Waals surface area (Å²) in [5, 5.41) is 2.90. The lowest BCUT2D eigenvalue weighted by Gasteiger charge is -2.02. The van der Waals surface area contributed by atoms with Gasteiger partial charge in [-0.25, -0.2) is 4.98 Å². The van der Waals surface area contributed by atoms with Crippen LogP contribution in [0.15, 0.2) is 30.3 Å². The van der Waals surface area contributed by atoms with Gasteiger partial charge in [0.25, 0.3) is 5.91 Å². The normalized spacial score (nSPS) is 10.9. The van der Waals surface area contributed by atoms with Crippen molar-refractivity contribution < 1.29 is 4.79 Å². The maximum Gasteiger partial charge on any atom is 0.252 e. The number of hydrogen-bond donors (Lipinski definition) is 2. The van der Waals surface area contributed by atoms with Crippen LogP contribution in [-0.4, -0.2) is 15.9 Å². The Bertz CT molecular complexity index is 739. The van der Waals surface area contributed by atoms with Gasteiger partial charge in [0.05, 0.1) is 23.1 Å². The molecule has 102 valence electrons. The molecule has 0 saturated heterocycles. The second-order valence-electron chi connectivity index (χ2n) is 4.71. The number of carbonyl (C=O) groups is 1. The van der Waals surface area contributed by atoms with Crippen LogP contribution in [0, 0.1) is 13.8 Å². The highest BCUT2D eigenvalue weighted by atomic mass is 32.1. The molecule has 2 N–H and O–H groups in total. The molecule has 3 aromatic rings. The van der Waals surface area contributed by atoms with Crippen molar-refractivity contribution in [2.24, 2.45) is 0 Å². The van der Waals surface area contributed by atoms with E-state index in [9.17, 15) is 4.79 Å². The van der Waals surface area contributed by atoms with Crippen molar-refractivity contribution in [3.8, 4) is 0 Å². The molecule has 0 aliphatic heterocycles. The van der Waals surface area contributed by atoms with Gasteiger partial charge in [0.1, 0.15) is 5.82 Å². The van der Waals surface area contributed by atoms with Gasteiger partial charge in [0, 0.05) is 9.75 Å². The fraction of sp³-hybridized carbons (Fsp3) is 0.200. The highest BCUT2D eigenvalue weighted by Crippen LogP contribution is 2.20. The maximum atomic E-state index is 12.1. The Morgan fingerprint density at radius 3 is 2.85 bits per heavy atom. The van der Waals surface area contributed by atoms with E-state index in [1.165, 1.54) is 0 Å². The van der Waals surface area contributed by atoms with Crippen molar-refractivity contribution in [1.29, 1.82) is 0 Å². The lowest BCUT2D eigenvalue weighted by molar-refractivity contribution is 0.0950. The first kappa shape index (κ1) is 12.9. The molecular formula is C15H15N3OS. The number of carbonyl (C=O) groups excluding carboxylic acids is 1. The minimum absolute atomic E-state index is 0.0488. The highest BCUT2D eigenvalue weighted by Gasteiger charge is 2.12. The molecule has 0 atom stereocenters. The Labute approximate surface area is 120 Å². The van der Waals surface area contributed by atoms with E-state index in [-0.39, 0.29) is 5.91 Å². The van der Waals surface area contributed by atoms with Gasteiger partial charge in [-0.1, -0.05) is 12.1 Å². The number of H-pyrrole nitrogens is 1. The summed E-state index contributed by atoms with van der Waals surface area (Å²) in [6, 6.07) is 9.75. The zero-order valence-corrected chi connectivity index (χ0v) is 12.2. The third-order valence-electron chi connectivity index (χ3n) is 3.14. The quantitative estimate of drug-likeness (QED) is 0.776. The third kappa shape index (κ3) is 2.44. The van der Waals surface area contributed by atoms with Crippen LogP contribution in [0.3, 0.4) is 0 Å². The number of para-hydroxylation sites is 2. The molecule has 0 unspecified atom stereocenters. The van der Waals surface area contributed by atoms with Crippen molar-refractivity contribution in [2.75, 3.05) is 0 Å². The Morgan fingerprint density at radius 2 is 2.15 bits per heavy atom. The molecule has 0 saturated carbocycles. The molecule has 2 heterocycles. The topological polar surface area (TPSA) is 57.8 Å². The number of amides is 1. The number of fused-ring (bicyclic) bond motifs is 1. The first-order valence-electron chi connectivity index (χ1n) is 6.42. The predicted molar refractivity (Wildman–Crippen MR) is 81.1 cm³/mol. The van der Waals surface area contributed by atoms with Gasteiger partial charge in [-0.05, 0) is 32.0 Å². The summed E-state index contributed by atoms with van der Waals surface area (Å²) in [6.07, 6.45) is 0. The minimum atomic E-state index is -0.0488. The van der Waals surface area contributed by atoms with Crippen LogP contribution in [0.4, 0.5) is 0 Å². The smallest absolute Gasteiger partial charge is 0.252 e. The molecule has 5 heteroatoms. The van der Waals surface area contributed by atoms with Crippen LogP contribution in [0.5, 0.6) is 0 Å². The summed E-state index contributed by atoms with van der Waals surface area (Å²) in [6.45, 7) is 4.38. The number of nitrogens with one attached hydrogen (secondary N) is 2. The first-order valence-corrected chi connectivity index (χ1v) is 7.24. The molecule has 0 radical (unpaired) electrons. The molecule has 0 fully saturated rings. The summed E-state index contributed by atoms with van der Waals surface area (Å²) >= 11 is 1.64. The molecule has 0 spiro atoms. The van der Waals surface area contributed by atoms with E-state index in [1.807, 2.05) is 44.2 Å². The van der Waals surface area contributed by atoms with E-state index in [4.69, 9.17) is 0 Å². The molecule has 4 nitrogen and oxygen atoms in total. The van der Waals surface area contributed by atoms with E-state index in [2.05, 4.69) is 15.3 Å². The van der Waals surface area contributed by atoms with Crippen molar-refractivity contribution in [1.82, 2.24) is 15.3 Å². The van der Waals surface area contributed by atoms with Crippen LogP contribution in [0.25, 0.3) is 11.0 Å². The van der Waals surface area contributed by atoms with E-state index in [1.54, 1.807) is 11.3 Å². The van der Waals surface area contributed by atoms with E-state index in [0.717, 1.165) is 32.2 Å². The van der Waals surface area contributed by atoms with Gasteiger partial charge >= 0.3 is 0 Å². The summed E-state index contributed by atoms with van der Waals surface area (Å²) < 4.78 is 0. The van der Waals surface area contributed by atoms with Gasteiger partial charge < -0.3 is 10.3 Å². The Morgan fingerprint density at radius 1 is 1.35 bits per heavy atom. The summed E-state index contributed by atoms with van der Waals surface area (Å²) in [5.74, 6) is 0.719. The van der Waals surface area contributed by atoms with Crippen LogP contribution >= 0.6 is 11.3 Å². The SMILES string of the molecule is Cc1cc(C(=O)NCc2nc3ccccc3[nH]2)c(C)s1. The molecule has 1 aromatic carbocycles. The van der Waals surface area contributed by atoms with Crippen LogP contribution < -0.4 is 5.32 Å². The van der Waals surface area contributed by atoms with Gasteiger partial charge in [-0.15, -0.1) is 11.3 Å². The molecule has 20 heavy (non-hydrogen) atoms.